The fourth-order valence-corrected chi connectivity index (χ4v) is 5.87. The van der Waals surface area contributed by atoms with Crippen LogP contribution in [0.4, 0.5) is 15.8 Å². The summed E-state index contributed by atoms with van der Waals surface area (Å²) >= 11 is 0. The number of para-hydroxylation sites is 1. The Morgan fingerprint density at radius 2 is 2.17 bits per heavy atom. The minimum atomic E-state index is -0.333. The van der Waals surface area contributed by atoms with Gasteiger partial charge in [0.05, 0.1) is 18.8 Å². The molecule has 1 saturated heterocycles. The van der Waals surface area contributed by atoms with Gasteiger partial charge in [-0.25, -0.2) is 4.39 Å². The molecular weight excluding hydrogens is 381 g/mol. The lowest BCUT2D eigenvalue weighted by Gasteiger charge is -2.39. The number of benzene rings is 2. The van der Waals surface area contributed by atoms with Crippen molar-refractivity contribution in [1.82, 2.24) is 4.90 Å². The number of nitrogens with zero attached hydrogens (tertiary/aromatic N) is 2. The van der Waals surface area contributed by atoms with Gasteiger partial charge >= 0.3 is 0 Å². The number of hydrogen-bond acceptors (Lipinski definition) is 4. The monoisotopic (exact) mass is 407 g/mol. The second kappa shape index (κ2) is 6.98. The van der Waals surface area contributed by atoms with Crippen molar-refractivity contribution in [3.05, 3.63) is 52.8 Å². The first kappa shape index (κ1) is 18.2. The summed E-state index contributed by atoms with van der Waals surface area (Å²) in [7, 11) is 0. The average Bonchev–Trinajstić information content (AvgIpc) is 3.34. The molecule has 6 heteroatoms. The van der Waals surface area contributed by atoms with Crippen molar-refractivity contribution >= 4 is 17.3 Å². The van der Waals surface area contributed by atoms with Crippen LogP contribution in [0.1, 0.15) is 35.4 Å². The molecule has 2 aromatic carbocycles. The van der Waals surface area contributed by atoms with E-state index in [1.165, 1.54) is 22.8 Å². The first-order chi connectivity index (χ1) is 14.7. The molecular formula is C24H26FN3O2. The van der Waals surface area contributed by atoms with Gasteiger partial charge < -0.3 is 19.9 Å². The Morgan fingerprint density at radius 3 is 3.10 bits per heavy atom. The number of carbonyl (C=O) groups excluding carboxylic acids is 1. The Kier molecular flexibility index (Phi) is 4.23. The molecule has 4 aliphatic heterocycles. The maximum absolute atomic E-state index is 14.3. The van der Waals surface area contributed by atoms with Crippen LogP contribution in [-0.2, 0) is 17.6 Å². The minimum Gasteiger partial charge on any atom is -0.493 e. The molecule has 0 saturated carbocycles. The molecule has 0 radical (unpaired) electrons. The van der Waals surface area contributed by atoms with E-state index in [0.717, 1.165) is 63.4 Å². The maximum atomic E-state index is 14.3. The standard InChI is InChI=1S/C24H26FN3O2/c25-19-7-6-17-18-13-27(10-2-5-15-3-1-4-16-9-12-30-24(15)16)11-8-20(18)28-14-21(29)26-22(19)23(17)28/h1,3-4,6-7,18,20H,2,5,8-14H2,(H,26,29). The van der Waals surface area contributed by atoms with Crippen LogP contribution in [-0.4, -0.2) is 49.6 Å². The van der Waals surface area contributed by atoms with Crippen molar-refractivity contribution in [2.24, 2.45) is 0 Å². The van der Waals surface area contributed by atoms with Crippen molar-refractivity contribution in [1.29, 1.82) is 0 Å². The zero-order chi connectivity index (χ0) is 20.2. The summed E-state index contributed by atoms with van der Waals surface area (Å²) in [6.07, 6.45) is 4.17. The number of halogens is 1. The zero-order valence-electron chi connectivity index (χ0n) is 17.0. The highest BCUT2D eigenvalue weighted by molar-refractivity contribution is 6.03. The van der Waals surface area contributed by atoms with Gasteiger partial charge in [-0.15, -0.1) is 0 Å². The fourth-order valence-electron chi connectivity index (χ4n) is 5.87. The molecule has 1 N–H and O–H groups in total. The number of nitrogens with one attached hydrogen (secondary N) is 1. The number of amides is 1. The average molecular weight is 407 g/mol. The Labute approximate surface area is 175 Å². The van der Waals surface area contributed by atoms with Crippen LogP contribution < -0.4 is 15.0 Å². The van der Waals surface area contributed by atoms with E-state index in [9.17, 15) is 9.18 Å². The summed E-state index contributed by atoms with van der Waals surface area (Å²) < 4.78 is 20.2. The Bertz CT molecular complexity index is 1020. The highest BCUT2D eigenvalue weighted by Gasteiger charge is 2.45. The lowest BCUT2D eigenvalue weighted by atomic mass is 9.89. The van der Waals surface area contributed by atoms with Gasteiger partial charge in [0, 0.05) is 31.5 Å². The third-order valence-electron chi connectivity index (χ3n) is 7.20. The predicted molar refractivity (Wildman–Crippen MR) is 114 cm³/mol. The molecule has 156 valence electrons. The Hall–Kier alpha value is -2.60. The molecule has 0 spiro atoms. The number of piperidine rings is 1. The number of anilines is 2. The summed E-state index contributed by atoms with van der Waals surface area (Å²) in [6, 6.07) is 10.2. The molecule has 30 heavy (non-hydrogen) atoms. The molecule has 1 fully saturated rings. The second-order valence-electron chi connectivity index (χ2n) is 8.91. The van der Waals surface area contributed by atoms with Gasteiger partial charge in [-0.05, 0) is 48.6 Å². The lowest BCUT2D eigenvalue weighted by molar-refractivity contribution is -0.115. The topological polar surface area (TPSA) is 44.8 Å². The summed E-state index contributed by atoms with van der Waals surface area (Å²) in [4.78, 5) is 16.8. The fraction of sp³-hybridized carbons (Fsp3) is 0.458. The number of likely N-dealkylation sites (tertiary alicyclic amines) is 1. The molecule has 2 atom stereocenters. The van der Waals surface area contributed by atoms with Gasteiger partial charge in [-0.2, -0.15) is 0 Å². The van der Waals surface area contributed by atoms with E-state index in [2.05, 4.69) is 33.3 Å². The summed E-state index contributed by atoms with van der Waals surface area (Å²) in [5.74, 6) is 1.01. The van der Waals surface area contributed by atoms with Gasteiger partial charge in [0.2, 0.25) is 5.91 Å². The number of rotatable bonds is 4. The van der Waals surface area contributed by atoms with E-state index in [-0.39, 0.29) is 11.7 Å². The number of carbonyl (C=O) groups is 1. The summed E-state index contributed by atoms with van der Waals surface area (Å²) in [5, 5.41) is 2.75. The highest BCUT2D eigenvalue weighted by Crippen LogP contribution is 2.50. The van der Waals surface area contributed by atoms with Crippen LogP contribution >= 0.6 is 0 Å². The molecule has 5 nitrogen and oxygen atoms in total. The van der Waals surface area contributed by atoms with Gasteiger partial charge in [-0.1, -0.05) is 24.3 Å². The van der Waals surface area contributed by atoms with E-state index >= 15 is 0 Å². The molecule has 1 amide bonds. The quantitative estimate of drug-likeness (QED) is 0.845. The Balaban J connectivity index is 1.16. The van der Waals surface area contributed by atoms with Crippen LogP contribution in [0.5, 0.6) is 5.75 Å². The smallest absolute Gasteiger partial charge is 0.244 e. The van der Waals surface area contributed by atoms with Crippen LogP contribution in [0.25, 0.3) is 0 Å². The molecule has 2 unspecified atom stereocenters. The molecule has 4 aliphatic rings. The van der Waals surface area contributed by atoms with Crippen molar-refractivity contribution in [2.75, 3.05) is 43.0 Å². The number of aryl methyl sites for hydroxylation is 1. The van der Waals surface area contributed by atoms with Crippen molar-refractivity contribution < 1.29 is 13.9 Å². The normalized spacial score (nSPS) is 24.2. The van der Waals surface area contributed by atoms with E-state index in [1.807, 2.05) is 6.07 Å². The van der Waals surface area contributed by atoms with Gasteiger partial charge in [-0.3, -0.25) is 4.79 Å². The van der Waals surface area contributed by atoms with Crippen LogP contribution in [0.2, 0.25) is 0 Å². The molecule has 0 aliphatic carbocycles. The van der Waals surface area contributed by atoms with Crippen molar-refractivity contribution in [2.45, 2.75) is 37.6 Å². The molecule has 4 heterocycles. The third-order valence-corrected chi connectivity index (χ3v) is 7.20. The largest absolute Gasteiger partial charge is 0.493 e. The van der Waals surface area contributed by atoms with Crippen LogP contribution in [0.3, 0.4) is 0 Å². The van der Waals surface area contributed by atoms with Gasteiger partial charge in [0.15, 0.2) is 0 Å². The number of ether oxygens (including phenoxy) is 1. The number of fused-ring (bicyclic) bond motifs is 4. The minimum absolute atomic E-state index is 0.112. The van der Waals surface area contributed by atoms with Gasteiger partial charge in [0.25, 0.3) is 0 Å². The van der Waals surface area contributed by atoms with Crippen molar-refractivity contribution in [3.63, 3.8) is 0 Å². The summed E-state index contributed by atoms with van der Waals surface area (Å²) in [6.45, 7) is 4.18. The molecule has 0 bridgehead atoms. The SMILES string of the molecule is O=C1CN2c3c(ccc(F)c3N1)C1CN(CCCc3cccc4c3OCC4)CCC12. The molecule has 6 rings (SSSR count). The van der Waals surface area contributed by atoms with Crippen molar-refractivity contribution in [3.8, 4) is 5.75 Å². The zero-order valence-corrected chi connectivity index (χ0v) is 17.0. The second-order valence-corrected chi connectivity index (χ2v) is 8.91. The van der Waals surface area contributed by atoms with E-state index in [1.54, 1.807) is 0 Å². The molecule has 0 aromatic heterocycles. The predicted octanol–water partition coefficient (Wildman–Crippen LogP) is 3.32. The first-order valence-corrected chi connectivity index (χ1v) is 11.0. The third kappa shape index (κ3) is 2.81. The first-order valence-electron chi connectivity index (χ1n) is 11.0. The van der Waals surface area contributed by atoms with E-state index in [4.69, 9.17) is 4.74 Å². The van der Waals surface area contributed by atoms with E-state index < -0.39 is 0 Å². The van der Waals surface area contributed by atoms with Crippen LogP contribution in [0, 0.1) is 5.82 Å². The number of hydrogen-bond donors (Lipinski definition) is 1. The van der Waals surface area contributed by atoms with Crippen LogP contribution in [0.15, 0.2) is 30.3 Å². The summed E-state index contributed by atoms with van der Waals surface area (Å²) in [5.41, 5.74) is 5.15. The van der Waals surface area contributed by atoms with E-state index in [0.29, 0.717) is 24.2 Å². The van der Waals surface area contributed by atoms with Gasteiger partial charge in [0.1, 0.15) is 17.3 Å². The lowest BCUT2D eigenvalue weighted by Crippen LogP contribution is -2.49. The molecule has 2 aromatic rings. The Morgan fingerprint density at radius 1 is 1.23 bits per heavy atom. The maximum Gasteiger partial charge on any atom is 0.244 e. The highest BCUT2D eigenvalue weighted by atomic mass is 19.1.